The van der Waals surface area contributed by atoms with Crippen LogP contribution < -0.4 is 20.1 Å². The Morgan fingerprint density at radius 1 is 1.00 bits per heavy atom. The zero-order valence-corrected chi connectivity index (χ0v) is 24.5. The topological polar surface area (TPSA) is 114 Å². The summed E-state index contributed by atoms with van der Waals surface area (Å²) in [6.07, 6.45) is 9.64. The van der Waals surface area contributed by atoms with E-state index in [4.69, 9.17) is 9.47 Å². The molecule has 0 radical (unpaired) electrons. The number of carboxylic acids is 1. The Morgan fingerprint density at radius 2 is 1.70 bits per heavy atom. The summed E-state index contributed by atoms with van der Waals surface area (Å²) in [5.74, 6) is 0.643. The monoisotopic (exact) mass is 554 g/mol. The van der Waals surface area contributed by atoms with Gasteiger partial charge in [0.25, 0.3) is 5.91 Å². The second-order valence-electron chi connectivity index (χ2n) is 13.4. The van der Waals surface area contributed by atoms with Crippen molar-refractivity contribution in [1.82, 2.24) is 10.6 Å². The van der Waals surface area contributed by atoms with Crippen LogP contribution in [0.2, 0.25) is 0 Å². The number of hydrogen-bond acceptors (Lipinski definition) is 5. The molecule has 3 N–H and O–H groups in total. The fourth-order valence-electron chi connectivity index (χ4n) is 7.55. The molecule has 2 amide bonds. The number of carbonyl (C=O) groups is 3. The van der Waals surface area contributed by atoms with Gasteiger partial charge in [0.2, 0.25) is 5.91 Å². The number of nitrogens with one attached hydrogen (secondary N) is 2. The van der Waals surface area contributed by atoms with E-state index in [0.717, 1.165) is 37.7 Å². The number of ether oxygens (including phenoxy) is 2. The minimum Gasteiger partial charge on any atom is -0.496 e. The maximum Gasteiger partial charge on any atom is 0.309 e. The third-order valence-corrected chi connectivity index (χ3v) is 10.6. The average Bonchev–Trinajstić information content (AvgIpc) is 3.53. The van der Waals surface area contributed by atoms with Gasteiger partial charge in [0, 0.05) is 12.6 Å². The highest BCUT2D eigenvalue weighted by Gasteiger charge is 2.51. The van der Waals surface area contributed by atoms with Gasteiger partial charge >= 0.3 is 5.97 Å². The number of aryl methyl sites for hydroxylation is 1. The Balaban J connectivity index is 1.30. The first-order valence-electron chi connectivity index (χ1n) is 15.3. The number of fused-ring (bicyclic) bond motifs is 2. The lowest BCUT2D eigenvalue weighted by atomic mass is 9.70. The lowest BCUT2D eigenvalue weighted by Crippen LogP contribution is -2.51. The molecule has 0 saturated heterocycles. The van der Waals surface area contributed by atoms with E-state index in [2.05, 4.69) is 17.6 Å². The quantitative estimate of drug-likeness (QED) is 0.370. The van der Waals surface area contributed by atoms with Gasteiger partial charge in [-0.15, -0.1) is 0 Å². The van der Waals surface area contributed by atoms with Crippen molar-refractivity contribution >= 4 is 17.8 Å². The first-order chi connectivity index (χ1) is 19.1. The number of rotatable bonds is 10. The Kier molecular flexibility index (Phi) is 8.08. The maximum atomic E-state index is 13.8. The molecule has 4 saturated carbocycles. The SMILES string of the molecule is CCc1cc(OC)c(C(=O)N[C@@H]2[C@H]3CC[C@H](C3)[C@@H]2C(=O)NCC2(C)CCC2)cc1O[C@H]1CC[C@@](C)(C(=O)O)CC1. The van der Waals surface area contributed by atoms with E-state index < -0.39 is 11.4 Å². The van der Waals surface area contributed by atoms with Gasteiger partial charge in [-0.05, 0) is 106 Å². The summed E-state index contributed by atoms with van der Waals surface area (Å²) < 4.78 is 12.0. The molecule has 4 atom stereocenters. The highest BCUT2D eigenvalue weighted by atomic mass is 16.5. The van der Waals surface area contributed by atoms with Crippen LogP contribution in [0.5, 0.6) is 11.5 Å². The number of aliphatic carboxylic acids is 1. The van der Waals surface area contributed by atoms with Crippen molar-refractivity contribution in [2.75, 3.05) is 13.7 Å². The van der Waals surface area contributed by atoms with Gasteiger partial charge in [-0.1, -0.05) is 20.3 Å². The number of carbonyl (C=O) groups excluding carboxylic acids is 2. The summed E-state index contributed by atoms with van der Waals surface area (Å²) in [4.78, 5) is 38.8. The first kappa shape index (κ1) is 28.7. The van der Waals surface area contributed by atoms with E-state index in [1.54, 1.807) is 20.1 Å². The summed E-state index contributed by atoms with van der Waals surface area (Å²) in [6, 6.07) is 3.46. The van der Waals surface area contributed by atoms with E-state index >= 15 is 0 Å². The van der Waals surface area contributed by atoms with Gasteiger partial charge in [-0.2, -0.15) is 0 Å². The van der Waals surface area contributed by atoms with Crippen LogP contribution >= 0.6 is 0 Å². The van der Waals surface area contributed by atoms with Crippen LogP contribution in [0.3, 0.4) is 0 Å². The first-order valence-corrected chi connectivity index (χ1v) is 15.3. The van der Waals surface area contributed by atoms with Crippen LogP contribution in [0.25, 0.3) is 0 Å². The van der Waals surface area contributed by atoms with Crippen LogP contribution in [0, 0.1) is 28.6 Å². The van der Waals surface area contributed by atoms with Crippen LogP contribution in [-0.4, -0.2) is 48.7 Å². The zero-order valence-electron chi connectivity index (χ0n) is 24.5. The van der Waals surface area contributed by atoms with E-state index in [1.165, 1.54) is 6.42 Å². The Hall–Kier alpha value is -2.77. The van der Waals surface area contributed by atoms with Crippen molar-refractivity contribution in [3.8, 4) is 11.5 Å². The standard InChI is InChI=1S/C32H46N2O6/c1-5-19-16-25(39-4)23(17-24(19)40-22-9-13-32(3,14-10-22)30(37)38)28(35)34-27-21-8-7-20(15-21)26(27)29(36)33-18-31(2)11-6-12-31/h16-17,20-22,26-27H,5-15,18H2,1-4H3,(H,33,36)(H,34,35)(H,37,38)/t20-,21+,22-,26+,27-,32+/m1/s1. The highest BCUT2D eigenvalue weighted by Crippen LogP contribution is 2.49. The minimum absolute atomic E-state index is 0.0774. The maximum absolute atomic E-state index is 13.8. The fraction of sp³-hybridized carbons (Fsp3) is 0.719. The molecular weight excluding hydrogens is 508 g/mol. The van der Waals surface area contributed by atoms with Gasteiger partial charge < -0.3 is 25.2 Å². The summed E-state index contributed by atoms with van der Waals surface area (Å²) in [5, 5.41) is 16.1. The minimum atomic E-state index is -0.756. The zero-order chi connectivity index (χ0) is 28.7. The molecule has 0 heterocycles. The highest BCUT2D eigenvalue weighted by molar-refractivity contribution is 5.98. The molecule has 8 heteroatoms. The molecule has 0 spiro atoms. The number of carboxylic acid groups (broad SMARTS) is 1. The molecule has 4 aliphatic carbocycles. The predicted octanol–water partition coefficient (Wildman–Crippen LogP) is 5.12. The van der Waals surface area contributed by atoms with E-state index in [1.807, 2.05) is 13.0 Å². The predicted molar refractivity (Wildman–Crippen MR) is 152 cm³/mol. The number of benzene rings is 1. The molecule has 0 aromatic heterocycles. The van der Waals surface area contributed by atoms with E-state index in [0.29, 0.717) is 67.5 Å². The Labute approximate surface area is 238 Å². The van der Waals surface area contributed by atoms with Gasteiger partial charge in [0.15, 0.2) is 0 Å². The van der Waals surface area contributed by atoms with Crippen LogP contribution in [0.1, 0.15) is 101 Å². The second kappa shape index (κ2) is 11.2. The van der Waals surface area contributed by atoms with Gasteiger partial charge in [-0.3, -0.25) is 14.4 Å². The molecule has 4 aliphatic rings. The van der Waals surface area contributed by atoms with Crippen LogP contribution in [0.15, 0.2) is 12.1 Å². The molecule has 5 rings (SSSR count). The van der Waals surface area contributed by atoms with E-state index in [9.17, 15) is 19.5 Å². The smallest absolute Gasteiger partial charge is 0.309 e. The summed E-state index contributed by atoms with van der Waals surface area (Å²) in [6.45, 7) is 6.78. The fourth-order valence-corrected chi connectivity index (χ4v) is 7.55. The molecule has 4 fully saturated rings. The second-order valence-corrected chi connectivity index (χ2v) is 13.4. The molecule has 220 valence electrons. The molecule has 0 unspecified atom stereocenters. The van der Waals surface area contributed by atoms with E-state index in [-0.39, 0.29) is 35.3 Å². The summed E-state index contributed by atoms with van der Waals surface area (Å²) >= 11 is 0. The molecule has 1 aromatic rings. The molecular formula is C32H46N2O6. The largest absolute Gasteiger partial charge is 0.496 e. The number of methoxy groups -OCH3 is 1. The Morgan fingerprint density at radius 3 is 2.30 bits per heavy atom. The lowest BCUT2D eigenvalue weighted by Gasteiger charge is -2.39. The number of amides is 2. The third-order valence-electron chi connectivity index (χ3n) is 10.6. The molecule has 0 aliphatic heterocycles. The van der Waals surface area contributed by atoms with Crippen molar-refractivity contribution in [3.05, 3.63) is 23.3 Å². The molecule has 1 aromatic carbocycles. The van der Waals surface area contributed by atoms with Gasteiger partial charge in [0.1, 0.15) is 11.5 Å². The van der Waals surface area contributed by atoms with Crippen molar-refractivity contribution < 1.29 is 29.0 Å². The van der Waals surface area contributed by atoms with Gasteiger partial charge in [0.05, 0.1) is 30.1 Å². The number of hydrogen-bond donors (Lipinski definition) is 3. The van der Waals surface area contributed by atoms with Crippen LogP contribution in [-0.2, 0) is 16.0 Å². The van der Waals surface area contributed by atoms with Crippen molar-refractivity contribution in [1.29, 1.82) is 0 Å². The van der Waals surface area contributed by atoms with Gasteiger partial charge in [-0.25, -0.2) is 0 Å². The van der Waals surface area contributed by atoms with Crippen molar-refractivity contribution in [2.45, 2.75) is 104 Å². The average molecular weight is 555 g/mol. The summed E-state index contributed by atoms with van der Waals surface area (Å²) in [7, 11) is 1.56. The normalized spacial score (nSPS) is 32.1. The molecule has 2 bridgehead atoms. The lowest BCUT2D eigenvalue weighted by molar-refractivity contribution is -0.150. The summed E-state index contributed by atoms with van der Waals surface area (Å²) in [5.41, 5.74) is 0.852. The Bertz CT molecular complexity index is 1140. The van der Waals surface area contributed by atoms with Crippen LogP contribution in [0.4, 0.5) is 0 Å². The molecule has 8 nitrogen and oxygen atoms in total. The van der Waals surface area contributed by atoms with Crippen molar-refractivity contribution in [2.24, 2.45) is 28.6 Å². The van der Waals surface area contributed by atoms with Crippen molar-refractivity contribution in [3.63, 3.8) is 0 Å². The third kappa shape index (κ3) is 5.55. The molecule has 40 heavy (non-hydrogen) atoms.